The van der Waals surface area contributed by atoms with Gasteiger partial charge in [-0.05, 0) is 35.4 Å². The number of carbonyl (C=O) groups excluding carboxylic acids is 2. The van der Waals surface area contributed by atoms with E-state index in [1.165, 1.54) is 0 Å². The normalized spacial score (nSPS) is 24.0. The Morgan fingerprint density at radius 3 is 2.83 bits per heavy atom. The Bertz CT molecular complexity index is 649. The molecule has 3 rings (SSSR count). The molecule has 130 valence electrons. The fourth-order valence-corrected chi connectivity index (χ4v) is 3.66. The summed E-state index contributed by atoms with van der Waals surface area (Å²) in [5, 5.41) is 6.22. The summed E-state index contributed by atoms with van der Waals surface area (Å²) in [6.45, 7) is 7.49. The van der Waals surface area contributed by atoms with Crippen LogP contribution in [0.1, 0.15) is 55.1 Å². The molecular weight excluding hydrogens is 304 g/mol. The Morgan fingerprint density at radius 2 is 2.08 bits per heavy atom. The molecule has 2 aliphatic rings. The zero-order valence-electron chi connectivity index (χ0n) is 14.6. The lowest BCUT2D eigenvalue weighted by Crippen LogP contribution is -2.60. The van der Waals surface area contributed by atoms with Gasteiger partial charge in [0.2, 0.25) is 5.91 Å². The quantitative estimate of drug-likeness (QED) is 0.873. The molecule has 2 amide bonds. The molecule has 0 saturated carbocycles. The maximum Gasteiger partial charge on any atom is 0.251 e. The van der Waals surface area contributed by atoms with Crippen LogP contribution in [0.2, 0.25) is 0 Å². The molecule has 1 aromatic rings. The molecule has 0 spiro atoms. The summed E-state index contributed by atoms with van der Waals surface area (Å²) in [6, 6.07) is 5.69. The minimum Gasteiger partial charge on any atom is -0.376 e. The molecule has 2 atom stereocenters. The third kappa shape index (κ3) is 3.46. The second-order valence-corrected chi connectivity index (χ2v) is 7.78. The van der Waals surface area contributed by atoms with Crippen LogP contribution in [0.25, 0.3) is 0 Å². The smallest absolute Gasteiger partial charge is 0.251 e. The molecule has 0 bridgehead atoms. The van der Waals surface area contributed by atoms with Crippen LogP contribution in [0.4, 0.5) is 0 Å². The molecule has 5 heteroatoms. The van der Waals surface area contributed by atoms with E-state index in [1.54, 1.807) is 0 Å². The van der Waals surface area contributed by atoms with Crippen LogP contribution in [-0.4, -0.2) is 30.5 Å². The van der Waals surface area contributed by atoms with Crippen molar-refractivity contribution in [3.05, 3.63) is 34.9 Å². The molecule has 0 unspecified atom stereocenters. The van der Waals surface area contributed by atoms with E-state index in [0.717, 1.165) is 23.1 Å². The third-order valence-electron chi connectivity index (χ3n) is 4.92. The molecule has 0 aromatic heterocycles. The van der Waals surface area contributed by atoms with E-state index in [0.29, 0.717) is 26.1 Å². The van der Waals surface area contributed by atoms with Crippen LogP contribution in [0.3, 0.4) is 0 Å². The van der Waals surface area contributed by atoms with E-state index in [9.17, 15) is 9.59 Å². The second-order valence-electron chi connectivity index (χ2n) is 7.78. The highest BCUT2D eigenvalue weighted by Gasteiger charge is 2.37. The van der Waals surface area contributed by atoms with Crippen LogP contribution >= 0.6 is 0 Å². The van der Waals surface area contributed by atoms with Gasteiger partial charge >= 0.3 is 0 Å². The van der Waals surface area contributed by atoms with E-state index in [-0.39, 0.29) is 29.3 Å². The van der Waals surface area contributed by atoms with E-state index in [2.05, 4.69) is 31.4 Å². The van der Waals surface area contributed by atoms with Crippen molar-refractivity contribution in [2.75, 3.05) is 6.61 Å². The largest absolute Gasteiger partial charge is 0.376 e. The highest BCUT2D eigenvalue weighted by Crippen LogP contribution is 2.27. The summed E-state index contributed by atoms with van der Waals surface area (Å²) >= 11 is 0. The zero-order valence-corrected chi connectivity index (χ0v) is 14.6. The predicted molar refractivity (Wildman–Crippen MR) is 91.7 cm³/mol. The van der Waals surface area contributed by atoms with E-state index in [1.807, 2.05) is 18.2 Å². The van der Waals surface area contributed by atoms with Gasteiger partial charge in [0.05, 0.1) is 25.3 Å². The summed E-state index contributed by atoms with van der Waals surface area (Å²) in [6.07, 6.45) is 1.90. The van der Waals surface area contributed by atoms with Crippen LogP contribution in [-0.2, 0) is 22.6 Å². The monoisotopic (exact) mass is 330 g/mol. The van der Waals surface area contributed by atoms with Crippen molar-refractivity contribution >= 4 is 11.8 Å². The van der Waals surface area contributed by atoms with Crippen LogP contribution in [0.5, 0.6) is 0 Å². The lowest BCUT2D eigenvalue weighted by molar-refractivity contribution is -0.125. The number of nitrogens with one attached hydrogen (secondary N) is 2. The SMILES string of the molecule is CC(C)(C)[C@@H]1NC(=O)CC[C@H]1NC(=O)c1cccc2c1CCOC2. The number of hydrogen-bond acceptors (Lipinski definition) is 3. The highest BCUT2D eigenvalue weighted by atomic mass is 16.5. The van der Waals surface area contributed by atoms with Gasteiger partial charge in [0.1, 0.15) is 0 Å². The number of fused-ring (bicyclic) bond motifs is 1. The maximum atomic E-state index is 12.9. The molecule has 5 nitrogen and oxygen atoms in total. The third-order valence-corrected chi connectivity index (χ3v) is 4.92. The molecular formula is C19H26N2O3. The van der Waals surface area contributed by atoms with Crippen molar-refractivity contribution in [1.82, 2.24) is 10.6 Å². The Morgan fingerprint density at radius 1 is 1.29 bits per heavy atom. The average molecular weight is 330 g/mol. The van der Waals surface area contributed by atoms with E-state index in [4.69, 9.17) is 4.74 Å². The molecule has 2 aliphatic heterocycles. The van der Waals surface area contributed by atoms with Crippen LogP contribution in [0.15, 0.2) is 18.2 Å². The first kappa shape index (κ1) is 17.0. The number of carbonyl (C=O) groups is 2. The maximum absolute atomic E-state index is 12.9. The Hall–Kier alpha value is -1.88. The highest BCUT2D eigenvalue weighted by molar-refractivity contribution is 5.96. The topological polar surface area (TPSA) is 67.4 Å². The molecule has 2 N–H and O–H groups in total. The number of amides is 2. The standard InChI is InChI=1S/C19H26N2O3/c1-19(2,3)17-15(7-8-16(22)21-17)20-18(23)14-6-4-5-12-11-24-10-9-13(12)14/h4-6,15,17H,7-11H2,1-3H3,(H,20,23)(H,21,22)/t15-,17-/m1/s1. The van der Waals surface area contributed by atoms with Crippen molar-refractivity contribution in [3.8, 4) is 0 Å². The van der Waals surface area contributed by atoms with Gasteiger partial charge in [-0.1, -0.05) is 32.9 Å². The van der Waals surface area contributed by atoms with Gasteiger partial charge < -0.3 is 15.4 Å². The summed E-state index contributed by atoms with van der Waals surface area (Å²) in [7, 11) is 0. The first-order valence-electron chi connectivity index (χ1n) is 8.65. The number of ether oxygens (including phenoxy) is 1. The van der Waals surface area contributed by atoms with Crippen molar-refractivity contribution in [2.24, 2.45) is 5.41 Å². The number of benzene rings is 1. The summed E-state index contributed by atoms with van der Waals surface area (Å²) < 4.78 is 5.47. The average Bonchev–Trinajstić information content (AvgIpc) is 2.55. The van der Waals surface area contributed by atoms with Gasteiger partial charge in [0.25, 0.3) is 5.91 Å². The van der Waals surface area contributed by atoms with Gasteiger partial charge in [0.15, 0.2) is 0 Å². The van der Waals surface area contributed by atoms with Gasteiger partial charge in [-0.15, -0.1) is 0 Å². The molecule has 1 saturated heterocycles. The van der Waals surface area contributed by atoms with Gasteiger partial charge in [-0.25, -0.2) is 0 Å². The summed E-state index contributed by atoms with van der Waals surface area (Å²) in [5.41, 5.74) is 2.81. The van der Waals surface area contributed by atoms with Crippen molar-refractivity contribution < 1.29 is 14.3 Å². The summed E-state index contributed by atoms with van der Waals surface area (Å²) in [4.78, 5) is 24.6. The van der Waals surface area contributed by atoms with Crippen molar-refractivity contribution in [2.45, 2.75) is 58.7 Å². The van der Waals surface area contributed by atoms with E-state index < -0.39 is 0 Å². The minimum atomic E-state index is -0.113. The molecule has 0 aliphatic carbocycles. The second kappa shape index (κ2) is 6.55. The minimum absolute atomic E-state index is 0.0501. The van der Waals surface area contributed by atoms with Gasteiger partial charge in [-0.3, -0.25) is 9.59 Å². The Labute approximate surface area is 143 Å². The zero-order chi connectivity index (χ0) is 17.3. The van der Waals surface area contributed by atoms with Gasteiger partial charge in [-0.2, -0.15) is 0 Å². The molecule has 1 fully saturated rings. The fraction of sp³-hybridized carbons (Fsp3) is 0.579. The molecule has 1 aromatic carbocycles. The van der Waals surface area contributed by atoms with Crippen LogP contribution < -0.4 is 10.6 Å². The van der Waals surface area contributed by atoms with Gasteiger partial charge in [0, 0.05) is 12.0 Å². The fourth-order valence-electron chi connectivity index (χ4n) is 3.66. The molecule has 24 heavy (non-hydrogen) atoms. The van der Waals surface area contributed by atoms with Crippen molar-refractivity contribution in [1.29, 1.82) is 0 Å². The number of rotatable bonds is 2. The molecule has 0 radical (unpaired) electrons. The predicted octanol–water partition coefficient (Wildman–Crippen LogP) is 2.18. The number of piperidine rings is 1. The summed E-state index contributed by atoms with van der Waals surface area (Å²) in [5.74, 6) is 0.0128. The van der Waals surface area contributed by atoms with E-state index >= 15 is 0 Å². The molecule has 2 heterocycles. The first-order chi connectivity index (χ1) is 11.4. The lowest BCUT2D eigenvalue weighted by atomic mass is 9.78. The van der Waals surface area contributed by atoms with Crippen molar-refractivity contribution in [3.63, 3.8) is 0 Å². The Balaban J connectivity index is 1.80. The lowest BCUT2D eigenvalue weighted by Gasteiger charge is -2.41. The first-order valence-corrected chi connectivity index (χ1v) is 8.65. The van der Waals surface area contributed by atoms with Crippen LogP contribution in [0, 0.1) is 5.41 Å². The number of hydrogen-bond donors (Lipinski definition) is 2. The Kier molecular flexibility index (Phi) is 4.63.